The van der Waals surface area contributed by atoms with Crippen LogP contribution in [0.15, 0.2) is 0 Å². The van der Waals surface area contributed by atoms with Crippen molar-refractivity contribution < 1.29 is 41.4 Å². The van der Waals surface area contributed by atoms with Crippen molar-refractivity contribution in [3.05, 3.63) is 28.1 Å². The van der Waals surface area contributed by atoms with E-state index in [1.165, 1.54) is 20.8 Å². The number of hydrogen-bond acceptors (Lipinski definition) is 4. The minimum atomic E-state index is -5.24. The zero-order valence-electron chi connectivity index (χ0n) is 13.6. The quantitative estimate of drug-likeness (QED) is 0.603. The molecule has 25 heavy (non-hydrogen) atoms. The summed E-state index contributed by atoms with van der Waals surface area (Å²) in [4.78, 5) is 26.2. The third-order valence-corrected chi connectivity index (χ3v) is 3.11. The van der Waals surface area contributed by atoms with Crippen molar-refractivity contribution in [3.8, 4) is 0 Å². The van der Waals surface area contributed by atoms with E-state index in [-0.39, 0.29) is 13.0 Å². The van der Waals surface area contributed by atoms with E-state index in [2.05, 4.69) is 9.72 Å². The molecule has 1 aromatic heterocycles. The highest BCUT2D eigenvalue weighted by Gasteiger charge is 2.43. The van der Waals surface area contributed by atoms with Crippen LogP contribution in [0.5, 0.6) is 0 Å². The first-order chi connectivity index (χ1) is 11.4. The topological polar surface area (TPSA) is 76.5 Å². The molecule has 10 heteroatoms. The summed E-state index contributed by atoms with van der Waals surface area (Å²) in [7, 11) is 0. The number of carbonyl (C=O) groups excluding carboxylic acids is 1. The average molecular weight is 369 g/mol. The Bertz CT molecular complexity index is 671. The van der Waals surface area contributed by atoms with Crippen molar-refractivity contribution >= 4 is 11.9 Å². The summed E-state index contributed by atoms with van der Waals surface area (Å²) in [5.41, 5.74) is -6.28. The first-order valence-corrected chi connectivity index (χ1v) is 7.24. The third kappa shape index (κ3) is 4.64. The molecule has 0 saturated carbocycles. The van der Waals surface area contributed by atoms with Crippen LogP contribution < -0.4 is 0 Å². The molecule has 0 fully saturated rings. The SMILES string of the molecule is CCOC(=O)c1c(C(F)(F)F)nc(C(F)F)c(C(=O)O)c1CC(C)C. The van der Waals surface area contributed by atoms with Gasteiger partial charge in [0.25, 0.3) is 6.43 Å². The number of ether oxygens (including phenoxy) is 1. The van der Waals surface area contributed by atoms with Crippen molar-refractivity contribution in [2.24, 2.45) is 5.92 Å². The fourth-order valence-corrected chi connectivity index (χ4v) is 2.29. The minimum absolute atomic E-state index is 0.281. The molecule has 1 N–H and O–H groups in total. The fraction of sp³-hybridized carbons (Fsp3) is 0.533. The maximum absolute atomic E-state index is 13.3. The Morgan fingerprint density at radius 3 is 2.12 bits per heavy atom. The molecule has 0 aliphatic rings. The molecule has 140 valence electrons. The van der Waals surface area contributed by atoms with Gasteiger partial charge in [-0.2, -0.15) is 13.2 Å². The van der Waals surface area contributed by atoms with Gasteiger partial charge in [-0.1, -0.05) is 13.8 Å². The van der Waals surface area contributed by atoms with Gasteiger partial charge in [0.05, 0.1) is 17.7 Å². The monoisotopic (exact) mass is 369 g/mol. The van der Waals surface area contributed by atoms with Crippen LogP contribution in [0, 0.1) is 5.92 Å². The molecule has 0 aromatic carbocycles. The van der Waals surface area contributed by atoms with Gasteiger partial charge in [0, 0.05) is 0 Å². The Labute approximate surface area is 139 Å². The number of esters is 1. The highest BCUT2D eigenvalue weighted by Crippen LogP contribution is 2.37. The smallest absolute Gasteiger partial charge is 0.434 e. The number of alkyl halides is 5. The fourth-order valence-electron chi connectivity index (χ4n) is 2.29. The van der Waals surface area contributed by atoms with Crippen molar-refractivity contribution in [1.29, 1.82) is 0 Å². The van der Waals surface area contributed by atoms with Gasteiger partial charge in [0.2, 0.25) is 0 Å². The molecule has 0 saturated heterocycles. The number of carboxylic acids is 1. The minimum Gasteiger partial charge on any atom is -0.478 e. The predicted molar refractivity (Wildman–Crippen MR) is 75.7 cm³/mol. The van der Waals surface area contributed by atoms with E-state index in [1.54, 1.807) is 0 Å². The summed E-state index contributed by atoms with van der Waals surface area (Å²) in [5, 5.41) is 9.23. The second kappa shape index (κ2) is 7.75. The highest BCUT2D eigenvalue weighted by atomic mass is 19.4. The summed E-state index contributed by atoms with van der Waals surface area (Å²) in [6, 6.07) is 0. The molecule has 0 radical (unpaired) electrons. The van der Waals surface area contributed by atoms with Crippen LogP contribution in [0.25, 0.3) is 0 Å². The molecule has 5 nitrogen and oxygen atoms in total. The molecule has 0 aliphatic heterocycles. The van der Waals surface area contributed by atoms with E-state index in [4.69, 9.17) is 0 Å². The number of hydrogen-bond donors (Lipinski definition) is 1. The van der Waals surface area contributed by atoms with Crippen molar-refractivity contribution in [2.45, 2.75) is 39.8 Å². The molecule has 0 bridgehead atoms. The summed E-state index contributed by atoms with van der Waals surface area (Å²) in [6.45, 7) is 4.13. The zero-order valence-corrected chi connectivity index (χ0v) is 13.6. The largest absolute Gasteiger partial charge is 0.478 e. The lowest BCUT2D eigenvalue weighted by Gasteiger charge is -2.20. The van der Waals surface area contributed by atoms with E-state index >= 15 is 0 Å². The van der Waals surface area contributed by atoms with Crippen molar-refractivity contribution in [3.63, 3.8) is 0 Å². The molecule has 1 aromatic rings. The number of aromatic nitrogens is 1. The first-order valence-electron chi connectivity index (χ1n) is 7.24. The lowest BCUT2D eigenvalue weighted by atomic mass is 9.91. The Kier molecular flexibility index (Phi) is 6.44. The number of carbonyl (C=O) groups is 2. The van der Waals surface area contributed by atoms with E-state index in [9.17, 15) is 36.6 Å². The van der Waals surface area contributed by atoms with Crippen LogP contribution in [0.3, 0.4) is 0 Å². The molecule has 0 unspecified atom stereocenters. The number of rotatable bonds is 6. The van der Waals surface area contributed by atoms with E-state index < -0.39 is 58.5 Å². The molecule has 1 heterocycles. The van der Waals surface area contributed by atoms with Gasteiger partial charge < -0.3 is 9.84 Å². The molecule has 0 atom stereocenters. The standard InChI is InChI=1S/C15H16F5NO4/c1-4-25-14(24)9-7(5-6(2)3)8(13(22)23)10(12(16)17)21-11(9)15(18,19)20/h6,12H,4-5H2,1-3H3,(H,22,23). The van der Waals surface area contributed by atoms with E-state index in [0.29, 0.717) is 0 Å². The first kappa shape index (κ1) is 20.8. The Balaban J connectivity index is 4.00. The van der Waals surface area contributed by atoms with Gasteiger partial charge in [0.1, 0.15) is 5.69 Å². The molecule has 0 amide bonds. The van der Waals surface area contributed by atoms with Gasteiger partial charge in [-0.25, -0.2) is 23.4 Å². The number of pyridine rings is 1. The summed E-state index contributed by atoms with van der Waals surface area (Å²) < 4.78 is 70.7. The molecular formula is C15H16F5NO4. The Morgan fingerprint density at radius 1 is 1.20 bits per heavy atom. The number of carboxylic acid groups (broad SMARTS) is 1. The van der Waals surface area contributed by atoms with Crippen LogP contribution in [0.1, 0.15) is 64.9 Å². The molecular weight excluding hydrogens is 353 g/mol. The van der Waals surface area contributed by atoms with Crippen LogP contribution in [0.4, 0.5) is 22.0 Å². The lowest BCUT2D eigenvalue weighted by Crippen LogP contribution is -2.25. The van der Waals surface area contributed by atoms with Crippen LogP contribution in [0.2, 0.25) is 0 Å². The highest BCUT2D eigenvalue weighted by molar-refractivity contribution is 5.99. The van der Waals surface area contributed by atoms with Crippen molar-refractivity contribution in [1.82, 2.24) is 4.98 Å². The van der Waals surface area contributed by atoms with Crippen LogP contribution >= 0.6 is 0 Å². The third-order valence-electron chi connectivity index (χ3n) is 3.11. The normalized spacial score (nSPS) is 11.9. The Morgan fingerprint density at radius 2 is 1.76 bits per heavy atom. The molecule has 0 spiro atoms. The second-order valence-corrected chi connectivity index (χ2v) is 5.50. The molecule has 0 aliphatic carbocycles. The van der Waals surface area contributed by atoms with Crippen LogP contribution in [-0.4, -0.2) is 28.6 Å². The van der Waals surface area contributed by atoms with E-state index in [0.717, 1.165) is 0 Å². The van der Waals surface area contributed by atoms with Gasteiger partial charge in [-0.15, -0.1) is 0 Å². The van der Waals surface area contributed by atoms with E-state index in [1.807, 2.05) is 0 Å². The predicted octanol–water partition coefficient (Wildman–Crippen LogP) is 4.11. The van der Waals surface area contributed by atoms with Crippen LogP contribution in [-0.2, 0) is 17.3 Å². The lowest BCUT2D eigenvalue weighted by molar-refractivity contribution is -0.142. The number of halogens is 5. The van der Waals surface area contributed by atoms with Gasteiger partial charge in [-0.05, 0) is 24.8 Å². The van der Waals surface area contributed by atoms with Crippen molar-refractivity contribution in [2.75, 3.05) is 6.61 Å². The number of nitrogens with zero attached hydrogens (tertiary/aromatic N) is 1. The average Bonchev–Trinajstić information content (AvgIpc) is 2.43. The van der Waals surface area contributed by atoms with Gasteiger partial charge in [0.15, 0.2) is 5.69 Å². The van der Waals surface area contributed by atoms with Gasteiger partial charge >= 0.3 is 18.1 Å². The second-order valence-electron chi connectivity index (χ2n) is 5.50. The summed E-state index contributed by atoms with van der Waals surface area (Å²) in [5.74, 6) is -3.76. The van der Waals surface area contributed by atoms with Gasteiger partial charge in [-0.3, -0.25) is 0 Å². The zero-order chi connectivity index (χ0) is 19.5. The summed E-state index contributed by atoms with van der Waals surface area (Å²) in [6.07, 6.45) is -9.15. The molecule has 1 rings (SSSR count). The maximum Gasteiger partial charge on any atom is 0.434 e. The summed E-state index contributed by atoms with van der Waals surface area (Å²) >= 11 is 0. The Hall–Kier alpha value is -2.26. The number of aromatic carboxylic acids is 1. The maximum atomic E-state index is 13.3.